The van der Waals surface area contributed by atoms with E-state index in [1.807, 2.05) is 11.0 Å². The maximum absolute atomic E-state index is 13.7. The predicted molar refractivity (Wildman–Crippen MR) is 146 cm³/mol. The third-order valence-electron chi connectivity index (χ3n) is 6.42. The standard InChI is InChI=1S/C28H24N6O6/c35-26(20-7-3-1-4-8-20)29-24(19-25-28(37)40-30-33(25)22-9-5-2-6-10-22)27(36)32-17-15-31(16-18-32)21-11-13-23(14-12-21)34(38)39/h1-14,19,30H,15-18H2/b25-19+,29-24?. The molecule has 0 unspecified atom stereocenters. The molecule has 2 amide bonds. The van der Waals surface area contributed by atoms with Crippen molar-refractivity contribution < 1.29 is 24.1 Å². The summed E-state index contributed by atoms with van der Waals surface area (Å²) >= 11 is 0. The van der Waals surface area contributed by atoms with Crippen LogP contribution in [-0.2, 0) is 14.4 Å². The van der Waals surface area contributed by atoms with Crippen LogP contribution in [0.1, 0.15) is 10.4 Å². The number of nitro benzene ring substituents is 1. The minimum Gasteiger partial charge on any atom is -0.368 e. The van der Waals surface area contributed by atoms with Gasteiger partial charge in [0, 0.05) is 55.6 Å². The number of para-hydroxylation sites is 1. The summed E-state index contributed by atoms with van der Waals surface area (Å²) in [6, 6.07) is 23.4. The number of hydrogen-bond donors (Lipinski definition) is 1. The van der Waals surface area contributed by atoms with Crippen LogP contribution in [0.3, 0.4) is 0 Å². The van der Waals surface area contributed by atoms with E-state index in [4.69, 9.17) is 4.84 Å². The van der Waals surface area contributed by atoms with Gasteiger partial charge in [-0.15, -0.1) is 0 Å². The molecule has 1 N–H and O–H groups in total. The van der Waals surface area contributed by atoms with E-state index in [1.165, 1.54) is 23.2 Å². The molecule has 0 spiro atoms. The van der Waals surface area contributed by atoms with Gasteiger partial charge in [0.25, 0.3) is 17.5 Å². The lowest BCUT2D eigenvalue weighted by molar-refractivity contribution is -0.384. The van der Waals surface area contributed by atoms with Gasteiger partial charge >= 0.3 is 5.97 Å². The molecule has 2 heterocycles. The number of benzene rings is 3. The quantitative estimate of drug-likeness (QED) is 0.216. The fourth-order valence-electron chi connectivity index (χ4n) is 4.31. The number of nitrogens with one attached hydrogen (secondary N) is 1. The lowest BCUT2D eigenvalue weighted by atomic mass is 10.1. The Morgan fingerprint density at radius 1 is 0.875 bits per heavy atom. The first-order valence-corrected chi connectivity index (χ1v) is 12.4. The number of aliphatic imine (C=N–C) groups is 1. The van der Waals surface area contributed by atoms with E-state index < -0.39 is 22.7 Å². The average molecular weight is 541 g/mol. The van der Waals surface area contributed by atoms with Crippen LogP contribution in [0.5, 0.6) is 0 Å². The second-order valence-electron chi connectivity index (χ2n) is 8.90. The molecule has 0 bridgehead atoms. The van der Waals surface area contributed by atoms with Gasteiger partial charge in [-0.1, -0.05) is 42.0 Å². The van der Waals surface area contributed by atoms with E-state index >= 15 is 0 Å². The Balaban J connectivity index is 1.40. The van der Waals surface area contributed by atoms with Crippen molar-refractivity contribution in [2.75, 3.05) is 36.1 Å². The van der Waals surface area contributed by atoms with Gasteiger partial charge in [-0.25, -0.2) is 14.8 Å². The maximum Gasteiger partial charge on any atom is 0.376 e. The second kappa shape index (κ2) is 11.6. The van der Waals surface area contributed by atoms with Crippen molar-refractivity contribution in [2.24, 2.45) is 4.99 Å². The topological polar surface area (TPSA) is 138 Å². The third kappa shape index (κ3) is 5.71. The average Bonchev–Trinajstić information content (AvgIpc) is 3.37. The minimum absolute atomic E-state index is 0.000914. The van der Waals surface area contributed by atoms with Crippen LogP contribution in [0.2, 0.25) is 0 Å². The van der Waals surface area contributed by atoms with Crippen molar-refractivity contribution in [2.45, 2.75) is 0 Å². The Morgan fingerprint density at radius 2 is 1.50 bits per heavy atom. The van der Waals surface area contributed by atoms with Crippen molar-refractivity contribution in [3.63, 3.8) is 0 Å². The van der Waals surface area contributed by atoms with Gasteiger partial charge in [-0.3, -0.25) is 19.7 Å². The van der Waals surface area contributed by atoms with E-state index in [-0.39, 0.29) is 17.1 Å². The predicted octanol–water partition coefficient (Wildman–Crippen LogP) is 2.89. The molecular weight excluding hydrogens is 516 g/mol. The van der Waals surface area contributed by atoms with Crippen LogP contribution < -0.4 is 15.5 Å². The Bertz CT molecular complexity index is 1480. The summed E-state index contributed by atoms with van der Waals surface area (Å²) < 4.78 is 0. The number of carbonyl (C=O) groups excluding carboxylic acids is 3. The molecule has 0 saturated carbocycles. The van der Waals surface area contributed by atoms with Gasteiger partial charge < -0.3 is 14.6 Å². The number of piperazine rings is 1. The zero-order valence-corrected chi connectivity index (χ0v) is 21.2. The van der Waals surface area contributed by atoms with Crippen molar-refractivity contribution >= 4 is 40.6 Å². The molecule has 12 heteroatoms. The lowest BCUT2D eigenvalue weighted by Crippen LogP contribution is -2.50. The zero-order chi connectivity index (χ0) is 28.1. The van der Waals surface area contributed by atoms with Crippen molar-refractivity contribution in [1.29, 1.82) is 0 Å². The fourth-order valence-corrected chi connectivity index (χ4v) is 4.31. The first-order valence-electron chi connectivity index (χ1n) is 12.4. The molecule has 0 aliphatic carbocycles. The van der Waals surface area contributed by atoms with Crippen LogP contribution in [0.25, 0.3) is 0 Å². The molecule has 12 nitrogen and oxygen atoms in total. The molecule has 0 aromatic heterocycles. The first kappa shape index (κ1) is 26.3. The normalized spacial score (nSPS) is 16.7. The van der Waals surface area contributed by atoms with E-state index in [0.29, 0.717) is 37.4 Å². The molecule has 2 aliphatic heterocycles. The van der Waals surface area contributed by atoms with E-state index in [1.54, 1.807) is 71.6 Å². The second-order valence-corrected chi connectivity index (χ2v) is 8.90. The largest absolute Gasteiger partial charge is 0.376 e. The van der Waals surface area contributed by atoms with Crippen molar-refractivity contribution in [3.05, 3.63) is 112 Å². The van der Waals surface area contributed by atoms with Gasteiger partial charge in [0.1, 0.15) is 5.71 Å². The number of hydrazine groups is 1. The highest BCUT2D eigenvalue weighted by atomic mass is 16.7. The molecule has 2 fully saturated rings. The number of anilines is 2. The fraction of sp³-hybridized carbons (Fsp3) is 0.143. The number of carbonyl (C=O) groups is 3. The molecule has 202 valence electrons. The monoisotopic (exact) mass is 540 g/mol. The van der Waals surface area contributed by atoms with Gasteiger partial charge in [-0.2, -0.15) is 0 Å². The van der Waals surface area contributed by atoms with Gasteiger partial charge in [0.05, 0.1) is 10.6 Å². The summed E-state index contributed by atoms with van der Waals surface area (Å²) in [4.78, 5) is 62.4. The molecule has 5 rings (SSSR count). The number of non-ortho nitro benzene ring substituents is 1. The highest BCUT2D eigenvalue weighted by Crippen LogP contribution is 2.23. The lowest BCUT2D eigenvalue weighted by Gasteiger charge is -2.36. The van der Waals surface area contributed by atoms with Crippen LogP contribution in [-0.4, -0.2) is 59.5 Å². The molecule has 2 aliphatic rings. The van der Waals surface area contributed by atoms with Crippen LogP contribution in [0.4, 0.5) is 17.1 Å². The van der Waals surface area contributed by atoms with Gasteiger partial charge in [-0.05, 0) is 36.4 Å². The molecule has 2 saturated heterocycles. The Hall–Kier alpha value is -5.36. The van der Waals surface area contributed by atoms with Crippen LogP contribution in [0.15, 0.2) is 102 Å². The summed E-state index contributed by atoms with van der Waals surface area (Å²) in [6.07, 6.45) is 1.25. The highest BCUT2D eigenvalue weighted by Gasteiger charge is 2.32. The molecule has 0 atom stereocenters. The van der Waals surface area contributed by atoms with Crippen molar-refractivity contribution in [3.8, 4) is 0 Å². The Labute approximate surface area is 228 Å². The summed E-state index contributed by atoms with van der Waals surface area (Å²) in [7, 11) is 0. The molecular formula is C28H24N6O6. The Kier molecular flexibility index (Phi) is 7.60. The van der Waals surface area contributed by atoms with Crippen LogP contribution >= 0.6 is 0 Å². The number of hydrogen-bond acceptors (Lipinski definition) is 9. The molecule has 0 radical (unpaired) electrons. The van der Waals surface area contributed by atoms with E-state index in [2.05, 4.69) is 10.6 Å². The summed E-state index contributed by atoms with van der Waals surface area (Å²) in [5.41, 5.74) is 3.96. The van der Waals surface area contributed by atoms with Crippen LogP contribution in [0, 0.1) is 10.1 Å². The highest BCUT2D eigenvalue weighted by molar-refractivity contribution is 6.45. The Morgan fingerprint density at radius 3 is 2.12 bits per heavy atom. The zero-order valence-electron chi connectivity index (χ0n) is 21.2. The molecule has 40 heavy (non-hydrogen) atoms. The molecule has 3 aromatic carbocycles. The smallest absolute Gasteiger partial charge is 0.368 e. The van der Waals surface area contributed by atoms with Gasteiger partial charge in [0.2, 0.25) is 0 Å². The summed E-state index contributed by atoms with van der Waals surface area (Å²) in [5.74, 6) is -1.89. The van der Waals surface area contributed by atoms with Gasteiger partial charge in [0.15, 0.2) is 5.70 Å². The maximum atomic E-state index is 13.7. The van der Waals surface area contributed by atoms with Crippen molar-refractivity contribution in [1.82, 2.24) is 10.5 Å². The van der Waals surface area contributed by atoms with E-state index in [0.717, 1.165) is 5.69 Å². The number of amides is 2. The first-order chi connectivity index (χ1) is 19.4. The molecule has 3 aromatic rings. The SMILES string of the molecule is O=C1ONN(c2ccccc2)/C1=C/C(=NC(=O)c1ccccc1)C(=O)N1CCN(c2ccc([N+](=O)[O-])cc2)CC1. The van der Waals surface area contributed by atoms with E-state index in [9.17, 15) is 24.5 Å². The summed E-state index contributed by atoms with van der Waals surface area (Å²) in [6.45, 7) is 1.53. The number of rotatable bonds is 6. The number of nitrogens with zero attached hydrogens (tertiary/aromatic N) is 5. The summed E-state index contributed by atoms with van der Waals surface area (Å²) in [5, 5.41) is 12.3. The third-order valence-corrected chi connectivity index (χ3v) is 6.42. The number of nitro groups is 1. The minimum atomic E-state index is -0.737.